The van der Waals surface area contributed by atoms with Crippen molar-refractivity contribution in [3.8, 4) is 0 Å². The number of aryl methyl sites for hydroxylation is 1. The molecule has 138 valence electrons. The lowest BCUT2D eigenvalue weighted by Crippen LogP contribution is -2.48. The van der Waals surface area contributed by atoms with Crippen LogP contribution in [-0.2, 0) is 11.8 Å². The Morgan fingerprint density at radius 1 is 1.24 bits per heavy atom. The Kier molecular flexibility index (Phi) is 6.35. The van der Waals surface area contributed by atoms with Crippen molar-refractivity contribution in [2.24, 2.45) is 30.5 Å². The summed E-state index contributed by atoms with van der Waals surface area (Å²) >= 11 is 0. The molecule has 2 aliphatic carbocycles. The van der Waals surface area contributed by atoms with E-state index in [-0.39, 0.29) is 36.6 Å². The highest BCUT2D eigenvalue weighted by molar-refractivity contribution is 5.94. The molecule has 1 amide bonds. The number of nitrogens with zero attached hydrogens (tertiary/aromatic N) is 2. The number of nitrogens with one attached hydrogen (secondary N) is 1. The number of nitrogens with two attached hydrogens (primary N) is 1. The molecular formula is C18H26Cl2N4O. The zero-order valence-electron chi connectivity index (χ0n) is 14.4. The number of anilines is 1. The molecule has 0 radical (unpaired) electrons. The smallest absolute Gasteiger partial charge is 0.227 e. The Balaban J connectivity index is 0.00000113. The number of halogens is 2. The maximum atomic E-state index is 12.7. The molecule has 25 heavy (non-hydrogen) atoms. The SMILES string of the molecule is Cl.Cl.Cn1cnc2cc(NC(=O)C3CC4CCCC(C3)C4N)ccc21. The van der Waals surface area contributed by atoms with Crippen molar-refractivity contribution >= 4 is 47.4 Å². The van der Waals surface area contributed by atoms with E-state index in [1.165, 1.54) is 19.3 Å². The molecule has 4 rings (SSSR count). The Morgan fingerprint density at radius 3 is 2.60 bits per heavy atom. The molecule has 1 heterocycles. The lowest BCUT2D eigenvalue weighted by molar-refractivity contribution is -0.122. The summed E-state index contributed by atoms with van der Waals surface area (Å²) in [6.45, 7) is 0. The van der Waals surface area contributed by atoms with Gasteiger partial charge in [-0.25, -0.2) is 4.98 Å². The van der Waals surface area contributed by atoms with E-state index in [1.54, 1.807) is 6.33 Å². The van der Waals surface area contributed by atoms with Crippen molar-refractivity contribution in [3.05, 3.63) is 24.5 Å². The van der Waals surface area contributed by atoms with Crippen LogP contribution in [0.25, 0.3) is 11.0 Å². The molecule has 7 heteroatoms. The lowest BCUT2D eigenvalue weighted by Gasteiger charge is -2.43. The molecule has 0 saturated heterocycles. The summed E-state index contributed by atoms with van der Waals surface area (Å²) in [6.07, 6.45) is 7.31. The number of amides is 1. The average molecular weight is 385 g/mol. The van der Waals surface area contributed by atoms with Crippen LogP contribution in [0.5, 0.6) is 0 Å². The fourth-order valence-corrected chi connectivity index (χ4v) is 4.46. The summed E-state index contributed by atoms with van der Waals surface area (Å²) < 4.78 is 1.98. The first-order valence-electron chi connectivity index (χ1n) is 8.59. The van der Waals surface area contributed by atoms with Crippen molar-refractivity contribution in [3.63, 3.8) is 0 Å². The molecule has 0 aliphatic heterocycles. The van der Waals surface area contributed by atoms with E-state index < -0.39 is 0 Å². The van der Waals surface area contributed by atoms with Crippen LogP contribution in [0.4, 0.5) is 5.69 Å². The van der Waals surface area contributed by atoms with Crippen LogP contribution < -0.4 is 11.1 Å². The molecule has 2 bridgehead atoms. The second kappa shape index (κ2) is 7.94. The van der Waals surface area contributed by atoms with Gasteiger partial charge in [0.05, 0.1) is 17.4 Å². The quantitative estimate of drug-likeness (QED) is 0.831. The van der Waals surface area contributed by atoms with Crippen molar-refractivity contribution in [1.29, 1.82) is 0 Å². The first kappa shape index (κ1) is 20.0. The minimum atomic E-state index is 0. The van der Waals surface area contributed by atoms with E-state index in [0.717, 1.165) is 29.6 Å². The van der Waals surface area contributed by atoms with E-state index in [4.69, 9.17) is 5.73 Å². The second-order valence-electron chi connectivity index (χ2n) is 7.24. The zero-order chi connectivity index (χ0) is 16.0. The highest BCUT2D eigenvalue weighted by Gasteiger charge is 2.40. The van der Waals surface area contributed by atoms with Crippen molar-refractivity contribution in [1.82, 2.24) is 9.55 Å². The van der Waals surface area contributed by atoms with Crippen molar-refractivity contribution in [2.45, 2.75) is 38.1 Å². The van der Waals surface area contributed by atoms with Gasteiger partial charge in [-0.1, -0.05) is 6.42 Å². The van der Waals surface area contributed by atoms with Crippen LogP contribution in [0.1, 0.15) is 32.1 Å². The predicted molar refractivity (Wildman–Crippen MR) is 105 cm³/mol. The first-order valence-corrected chi connectivity index (χ1v) is 8.59. The third-order valence-electron chi connectivity index (χ3n) is 5.78. The average Bonchev–Trinajstić information content (AvgIpc) is 2.88. The third-order valence-corrected chi connectivity index (χ3v) is 5.78. The number of hydrogen-bond donors (Lipinski definition) is 2. The van der Waals surface area contributed by atoms with Gasteiger partial charge in [-0.05, 0) is 55.7 Å². The van der Waals surface area contributed by atoms with Crippen molar-refractivity contribution in [2.75, 3.05) is 5.32 Å². The number of fused-ring (bicyclic) bond motifs is 3. The van der Waals surface area contributed by atoms with Gasteiger partial charge >= 0.3 is 0 Å². The van der Waals surface area contributed by atoms with Crippen LogP contribution in [-0.4, -0.2) is 21.5 Å². The molecule has 3 N–H and O–H groups in total. The molecule has 2 aromatic rings. The number of carbonyl (C=O) groups is 1. The number of hydrogen-bond acceptors (Lipinski definition) is 3. The zero-order valence-corrected chi connectivity index (χ0v) is 16.0. The highest BCUT2D eigenvalue weighted by Crippen LogP contribution is 2.42. The first-order chi connectivity index (χ1) is 11.1. The molecule has 1 aromatic carbocycles. The van der Waals surface area contributed by atoms with Crippen LogP contribution in [0.3, 0.4) is 0 Å². The van der Waals surface area contributed by atoms with Gasteiger partial charge in [0.25, 0.3) is 0 Å². The van der Waals surface area contributed by atoms with Gasteiger partial charge in [0.1, 0.15) is 0 Å². The summed E-state index contributed by atoms with van der Waals surface area (Å²) in [4.78, 5) is 17.0. The van der Waals surface area contributed by atoms with Crippen LogP contribution in [0, 0.1) is 17.8 Å². The fraction of sp³-hybridized carbons (Fsp3) is 0.556. The van der Waals surface area contributed by atoms with E-state index >= 15 is 0 Å². The van der Waals surface area contributed by atoms with Crippen LogP contribution in [0.2, 0.25) is 0 Å². The number of aromatic nitrogens is 2. The van der Waals surface area contributed by atoms with E-state index in [1.807, 2.05) is 29.8 Å². The van der Waals surface area contributed by atoms with Gasteiger partial charge < -0.3 is 15.6 Å². The van der Waals surface area contributed by atoms with Gasteiger partial charge in [0.2, 0.25) is 5.91 Å². The van der Waals surface area contributed by atoms with Crippen LogP contribution in [0.15, 0.2) is 24.5 Å². The van der Waals surface area contributed by atoms with Gasteiger partial charge in [0.15, 0.2) is 0 Å². The number of imidazole rings is 1. The molecule has 2 atom stereocenters. The van der Waals surface area contributed by atoms with E-state index in [0.29, 0.717) is 17.9 Å². The second-order valence-corrected chi connectivity index (χ2v) is 7.24. The normalized spacial score (nSPS) is 27.9. The molecule has 2 aliphatic rings. The highest BCUT2D eigenvalue weighted by atomic mass is 35.5. The van der Waals surface area contributed by atoms with Gasteiger partial charge in [0, 0.05) is 24.7 Å². The molecule has 1 aromatic heterocycles. The minimum absolute atomic E-state index is 0. The van der Waals surface area contributed by atoms with Gasteiger partial charge in [-0.2, -0.15) is 0 Å². The molecular weight excluding hydrogens is 359 g/mol. The summed E-state index contributed by atoms with van der Waals surface area (Å²) in [5.74, 6) is 1.29. The summed E-state index contributed by atoms with van der Waals surface area (Å²) in [7, 11) is 1.97. The molecule has 0 spiro atoms. The fourth-order valence-electron chi connectivity index (χ4n) is 4.46. The molecule has 2 fully saturated rings. The number of rotatable bonds is 2. The predicted octanol–water partition coefficient (Wildman–Crippen LogP) is 3.51. The van der Waals surface area contributed by atoms with Crippen LogP contribution >= 0.6 is 24.8 Å². The monoisotopic (exact) mass is 384 g/mol. The number of carbonyl (C=O) groups excluding carboxylic acids is 1. The number of benzene rings is 1. The molecule has 5 nitrogen and oxygen atoms in total. The lowest BCUT2D eigenvalue weighted by atomic mass is 9.65. The van der Waals surface area contributed by atoms with E-state index in [2.05, 4.69) is 10.3 Å². The maximum absolute atomic E-state index is 12.7. The Bertz CT molecular complexity index is 734. The van der Waals surface area contributed by atoms with Gasteiger partial charge in [-0.3, -0.25) is 4.79 Å². The Morgan fingerprint density at radius 2 is 1.92 bits per heavy atom. The summed E-state index contributed by atoms with van der Waals surface area (Å²) in [5, 5.41) is 3.09. The summed E-state index contributed by atoms with van der Waals surface area (Å²) in [6, 6.07) is 6.21. The maximum Gasteiger partial charge on any atom is 0.227 e. The van der Waals surface area contributed by atoms with Gasteiger partial charge in [-0.15, -0.1) is 24.8 Å². The topological polar surface area (TPSA) is 72.9 Å². The molecule has 2 saturated carbocycles. The largest absolute Gasteiger partial charge is 0.334 e. The van der Waals surface area contributed by atoms with Crippen molar-refractivity contribution < 1.29 is 4.79 Å². The Hall–Kier alpha value is -1.30. The third kappa shape index (κ3) is 3.78. The molecule has 2 unspecified atom stereocenters. The Labute approximate surface area is 160 Å². The minimum Gasteiger partial charge on any atom is -0.334 e. The summed E-state index contributed by atoms with van der Waals surface area (Å²) in [5.41, 5.74) is 9.14. The van der Waals surface area contributed by atoms with E-state index in [9.17, 15) is 4.79 Å². The standard InChI is InChI=1S/C18H24N4O.2ClH/c1-22-10-20-15-9-14(5-6-16(15)22)21-18(23)13-7-11-3-2-4-12(8-13)17(11)19;;/h5-6,9-13,17H,2-4,7-8,19H2,1H3,(H,21,23);2*1H.